The fourth-order valence-electron chi connectivity index (χ4n) is 1.73. The minimum atomic E-state index is -5.75. The van der Waals surface area contributed by atoms with Crippen LogP contribution in [0.15, 0.2) is 17.1 Å². The van der Waals surface area contributed by atoms with Crippen LogP contribution in [0.2, 0.25) is 0 Å². The summed E-state index contributed by atoms with van der Waals surface area (Å²) in [5, 5.41) is 7.32. The molecule has 0 saturated heterocycles. The Balaban J connectivity index is 2.80. The lowest BCUT2D eigenvalue weighted by atomic mass is 10.2. The Kier molecular flexibility index (Phi) is 7.96. The maximum atomic E-state index is 13.4. The second-order valence-electron chi connectivity index (χ2n) is 5.96. The Labute approximate surface area is 158 Å². The molecular formula is C17H19F6N3O2. The SMILES string of the molecule is Cc1nn(C)c(OCC(F)(F)C(F)(F)F)c1C=NOCC(F)=CC#CC(C)C. The van der Waals surface area contributed by atoms with Gasteiger partial charge < -0.3 is 9.57 Å². The number of rotatable bonds is 7. The summed E-state index contributed by atoms with van der Waals surface area (Å²) in [7, 11) is 1.29. The molecule has 0 unspecified atom stereocenters. The highest BCUT2D eigenvalue weighted by molar-refractivity contribution is 5.83. The molecule has 1 aromatic rings. The molecule has 11 heteroatoms. The van der Waals surface area contributed by atoms with E-state index in [0.717, 1.165) is 17.0 Å². The van der Waals surface area contributed by atoms with Gasteiger partial charge in [-0.2, -0.15) is 27.1 Å². The van der Waals surface area contributed by atoms with Gasteiger partial charge in [0.15, 0.2) is 13.2 Å². The molecule has 1 heterocycles. The molecule has 0 spiro atoms. The van der Waals surface area contributed by atoms with Crippen LogP contribution in [0.25, 0.3) is 0 Å². The summed E-state index contributed by atoms with van der Waals surface area (Å²) in [6, 6.07) is 0. The van der Waals surface area contributed by atoms with Crippen molar-refractivity contribution in [2.75, 3.05) is 13.2 Å². The van der Waals surface area contributed by atoms with Gasteiger partial charge in [0.1, 0.15) is 5.83 Å². The van der Waals surface area contributed by atoms with E-state index in [9.17, 15) is 26.3 Å². The van der Waals surface area contributed by atoms with Gasteiger partial charge in [0.05, 0.1) is 17.5 Å². The lowest BCUT2D eigenvalue weighted by molar-refractivity contribution is -0.290. The number of hydrogen-bond donors (Lipinski definition) is 0. The highest BCUT2D eigenvalue weighted by Crippen LogP contribution is 2.36. The molecule has 0 aliphatic heterocycles. The van der Waals surface area contributed by atoms with Crippen LogP contribution >= 0.6 is 0 Å². The highest BCUT2D eigenvalue weighted by atomic mass is 19.4. The zero-order valence-corrected chi connectivity index (χ0v) is 15.6. The number of allylic oxidation sites excluding steroid dienone is 1. The second kappa shape index (κ2) is 9.52. The minimum absolute atomic E-state index is 0.0180. The standard InChI is InChI=1S/C17H19F6N3O2/c1-11(2)6-5-7-13(18)9-28-24-8-14-12(3)25-26(4)15(14)27-10-16(19,20)17(21,22)23/h7-8,11H,9-10H2,1-4H3. The van der Waals surface area contributed by atoms with Crippen LogP contribution in [0.1, 0.15) is 25.1 Å². The van der Waals surface area contributed by atoms with Crippen molar-refractivity contribution in [3.63, 3.8) is 0 Å². The van der Waals surface area contributed by atoms with Crippen molar-refractivity contribution < 1.29 is 35.9 Å². The van der Waals surface area contributed by atoms with Crippen LogP contribution in [0, 0.1) is 24.7 Å². The summed E-state index contributed by atoms with van der Waals surface area (Å²) in [6.07, 6.45) is -3.75. The maximum Gasteiger partial charge on any atom is 0.456 e. The van der Waals surface area contributed by atoms with Crippen molar-refractivity contribution in [1.82, 2.24) is 9.78 Å². The number of nitrogens with zero attached hydrogens (tertiary/aromatic N) is 3. The third-order valence-corrected chi connectivity index (χ3v) is 3.08. The van der Waals surface area contributed by atoms with Crippen molar-refractivity contribution in [3.8, 4) is 17.7 Å². The molecule has 28 heavy (non-hydrogen) atoms. The van der Waals surface area contributed by atoms with Gasteiger partial charge in [-0.3, -0.25) is 0 Å². The number of hydrogen-bond acceptors (Lipinski definition) is 4. The summed E-state index contributed by atoms with van der Waals surface area (Å²) in [5.41, 5.74) is 0.253. The fraction of sp³-hybridized carbons (Fsp3) is 0.529. The Bertz CT molecular complexity index is 785. The topological polar surface area (TPSA) is 48.6 Å². The van der Waals surface area contributed by atoms with E-state index in [1.54, 1.807) is 0 Å². The molecular weight excluding hydrogens is 392 g/mol. The first kappa shape index (κ1) is 23.4. The smallest absolute Gasteiger partial charge is 0.456 e. The first-order chi connectivity index (χ1) is 12.8. The van der Waals surface area contributed by atoms with Crippen LogP contribution in [0.5, 0.6) is 5.88 Å². The molecule has 0 N–H and O–H groups in total. The Hall–Kier alpha value is -2.64. The van der Waals surface area contributed by atoms with Gasteiger partial charge in [-0.05, 0) is 6.92 Å². The van der Waals surface area contributed by atoms with Gasteiger partial charge in [-0.15, -0.1) is 0 Å². The van der Waals surface area contributed by atoms with Crippen LogP contribution in [-0.4, -0.2) is 41.3 Å². The number of halogens is 6. The number of aromatic nitrogens is 2. The van der Waals surface area contributed by atoms with Gasteiger partial charge in [-0.1, -0.05) is 30.8 Å². The Morgan fingerprint density at radius 2 is 1.93 bits per heavy atom. The normalized spacial score (nSPS) is 13.0. The van der Waals surface area contributed by atoms with Crippen LogP contribution in [-0.2, 0) is 11.9 Å². The summed E-state index contributed by atoms with van der Waals surface area (Å²) in [4.78, 5) is 4.71. The largest absolute Gasteiger partial charge is 0.471 e. The lowest BCUT2D eigenvalue weighted by Crippen LogP contribution is -2.42. The van der Waals surface area contributed by atoms with E-state index in [0.29, 0.717) is 0 Å². The molecule has 0 aromatic carbocycles. The lowest BCUT2D eigenvalue weighted by Gasteiger charge is -2.19. The van der Waals surface area contributed by atoms with Crippen molar-refractivity contribution in [2.45, 2.75) is 32.9 Å². The molecule has 1 rings (SSSR count). The molecule has 0 bridgehead atoms. The quantitative estimate of drug-likeness (QED) is 0.293. The highest BCUT2D eigenvalue weighted by Gasteiger charge is 2.58. The molecule has 1 aromatic heterocycles. The molecule has 0 aliphatic carbocycles. The first-order valence-electron chi connectivity index (χ1n) is 7.97. The van der Waals surface area contributed by atoms with Gasteiger partial charge in [0, 0.05) is 19.0 Å². The predicted molar refractivity (Wildman–Crippen MR) is 89.8 cm³/mol. The van der Waals surface area contributed by atoms with Gasteiger partial charge in [0.2, 0.25) is 5.88 Å². The third-order valence-electron chi connectivity index (χ3n) is 3.08. The molecule has 0 aliphatic rings. The van der Waals surface area contributed by atoms with E-state index in [2.05, 4.69) is 26.8 Å². The monoisotopic (exact) mass is 411 g/mol. The second-order valence-corrected chi connectivity index (χ2v) is 5.96. The van der Waals surface area contributed by atoms with Gasteiger partial charge in [-0.25, -0.2) is 9.07 Å². The van der Waals surface area contributed by atoms with Crippen LogP contribution < -0.4 is 4.74 Å². The summed E-state index contributed by atoms with van der Waals surface area (Å²) in [6.45, 7) is 2.66. The molecule has 0 amide bonds. The van der Waals surface area contributed by atoms with E-state index in [1.165, 1.54) is 14.0 Å². The van der Waals surface area contributed by atoms with Gasteiger partial charge >= 0.3 is 12.1 Å². The Morgan fingerprint density at radius 3 is 2.50 bits per heavy atom. The van der Waals surface area contributed by atoms with E-state index in [1.807, 2.05) is 13.8 Å². The summed E-state index contributed by atoms with van der Waals surface area (Å²) in [5.74, 6) is -0.829. The third kappa shape index (κ3) is 6.83. The van der Waals surface area contributed by atoms with Crippen molar-refractivity contribution in [2.24, 2.45) is 18.1 Å². The number of aryl methyl sites for hydroxylation is 2. The number of oxime groups is 1. The zero-order valence-electron chi connectivity index (χ0n) is 15.6. The maximum absolute atomic E-state index is 13.4. The summed E-state index contributed by atoms with van der Waals surface area (Å²) < 4.78 is 81.8. The predicted octanol–water partition coefficient (Wildman–Crippen LogP) is 4.17. The molecule has 0 saturated carbocycles. The number of alkyl halides is 5. The fourth-order valence-corrected chi connectivity index (χ4v) is 1.73. The minimum Gasteiger partial charge on any atom is -0.471 e. The average molecular weight is 411 g/mol. The molecule has 156 valence electrons. The summed E-state index contributed by atoms with van der Waals surface area (Å²) >= 11 is 0. The number of ether oxygens (including phenoxy) is 1. The molecule has 5 nitrogen and oxygen atoms in total. The average Bonchev–Trinajstić information content (AvgIpc) is 2.81. The van der Waals surface area contributed by atoms with Crippen molar-refractivity contribution in [1.29, 1.82) is 0 Å². The Morgan fingerprint density at radius 1 is 1.29 bits per heavy atom. The van der Waals surface area contributed by atoms with Crippen molar-refractivity contribution >= 4 is 6.21 Å². The van der Waals surface area contributed by atoms with E-state index < -0.39 is 31.1 Å². The van der Waals surface area contributed by atoms with E-state index in [-0.39, 0.29) is 23.1 Å². The van der Waals surface area contributed by atoms with E-state index in [4.69, 9.17) is 4.84 Å². The first-order valence-corrected chi connectivity index (χ1v) is 7.97. The molecule has 0 radical (unpaired) electrons. The van der Waals surface area contributed by atoms with Crippen molar-refractivity contribution in [3.05, 3.63) is 23.2 Å². The molecule has 0 atom stereocenters. The van der Waals surface area contributed by atoms with Crippen LogP contribution in [0.4, 0.5) is 26.3 Å². The van der Waals surface area contributed by atoms with Gasteiger partial charge in [0.25, 0.3) is 0 Å². The van der Waals surface area contributed by atoms with Crippen LogP contribution in [0.3, 0.4) is 0 Å². The zero-order chi connectivity index (χ0) is 21.5. The molecule has 0 fully saturated rings. The van der Waals surface area contributed by atoms with E-state index >= 15 is 0 Å².